The second-order valence-corrected chi connectivity index (χ2v) is 5.99. The first-order valence-corrected chi connectivity index (χ1v) is 8.16. The number of hydrogen-bond acceptors (Lipinski definition) is 5. The largest absolute Gasteiger partial charge is 0.345 e. The summed E-state index contributed by atoms with van der Waals surface area (Å²) < 4.78 is 0. The molecule has 6 heteroatoms. The molecule has 3 heterocycles. The maximum Gasteiger partial charge on any atom is 0.223 e. The first-order valence-electron chi connectivity index (χ1n) is 8.16. The van der Waals surface area contributed by atoms with Crippen molar-refractivity contribution in [1.29, 1.82) is 0 Å². The van der Waals surface area contributed by atoms with Crippen LogP contribution in [0, 0.1) is 6.92 Å². The molecule has 6 nitrogen and oxygen atoms in total. The number of nitrogens with one attached hydrogen (secondary N) is 2. The fourth-order valence-electron chi connectivity index (χ4n) is 2.70. The van der Waals surface area contributed by atoms with Crippen molar-refractivity contribution in [3.8, 4) is 11.4 Å². The van der Waals surface area contributed by atoms with Crippen molar-refractivity contribution in [1.82, 2.24) is 24.9 Å². The van der Waals surface area contributed by atoms with E-state index >= 15 is 0 Å². The molecule has 0 aliphatic heterocycles. The van der Waals surface area contributed by atoms with Gasteiger partial charge in [-0.25, -0.2) is 15.0 Å². The SMILES string of the molecule is Cc1ccc2nc([C@@H](C)Nc3nccc(-c4ccccn4)n3)[nH]c2c1. The molecule has 0 unspecified atom stereocenters. The van der Waals surface area contributed by atoms with Crippen LogP contribution in [0.4, 0.5) is 5.95 Å². The van der Waals surface area contributed by atoms with Gasteiger partial charge in [-0.2, -0.15) is 0 Å². The summed E-state index contributed by atoms with van der Waals surface area (Å²) in [5.74, 6) is 1.40. The fraction of sp³-hybridized carbons (Fsp3) is 0.158. The lowest BCUT2D eigenvalue weighted by Crippen LogP contribution is -2.11. The molecule has 0 spiro atoms. The number of rotatable bonds is 4. The Balaban J connectivity index is 1.58. The number of pyridine rings is 1. The minimum absolute atomic E-state index is 0.0494. The highest BCUT2D eigenvalue weighted by molar-refractivity contribution is 5.76. The minimum Gasteiger partial charge on any atom is -0.345 e. The van der Waals surface area contributed by atoms with E-state index in [1.165, 1.54) is 5.56 Å². The first-order chi connectivity index (χ1) is 12.2. The Bertz CT molecular complexity index is 1010. The van der Waals surface area contributed by atoms with Gasteiger partial charge in [0.05, 0.1) is 28.5 Å². The summed E-state index contributed by atoms with van der Waals surface area (Å²) in [6, 6.07) is 13.7. The summed E-state index contributed by atoms with van der Waals surface area (Å²) in [6.07, 6.45) is 3.48. The van der Waals surface area contributed by atoms with E-state index in [0.717, 1.165) is 28.2 Å². The van der Waals surface area contributed by atoms with E-state index in [0.29, 0.717) is 5.95 Å². The molecular weight excluding hydrogens is 312 g/mol. The summed E-state index contributed by atoms with van der Waals surface area (Å²) in [6.45, 7) is 4.10. The van der Waals surface area contributed by atoms with Crippen LogP contribution in [0.3, 0.4) is 0 Å². The highest BCUT2D eigenvalue weighted by Gasteiger charge is 2.12. The molecule has 0 saturated carbocycles. The zero-order valence-electron chi connectivity index (χ0n) is 14.1. The molecule has 2 N–H and O–H groups in total. The zero-order valence-corrected chi connectivity index (χ0v) is 14.1. The van der Waals surface area contributed by atoms with Gasteiger partial charge in [0.1, 0.15) is 5.82 Å². The van der Waals surface area contributed by atoms with Crippen LogP contribution in [-0.4, -0.2) is 24.9 Å². The maximum absolute atomic E-state index is 4.64. The molecule has 124 valence electrons. The average molecular weight is 330 g/mol. The van der Waals surface area contributed by atoms with E-state index in [-0.39, 0.29) is 6.04 Å². The molecular formula is C19H18N6. The second kappa shape index (κ2) is 6.32. The van der Waals surface area contributed by atoms with Gasteiger partial charge in [-0.1, -0.05) is 12.1 Å². The summed E-state index contributed by atoms with van der Waals surface area (Å²) in [7, 11) is 0. The molecule has 4 aromatic rings. The number of anilines is 1. The third kappa shape index (κ3) is 3.19. The number of fused-ring (bicyclic) bond motifs is 1. The van der Waals surface area contributed by atoms with Crippen LogP contribution >= 0.6 is 0 Å². The topological polar surface area (TPSA) is 79.4 Å². The lowest BCUT2D eigenvalue weighted by Gasteiger charge is -2.11. The van der Waals surface area contributed by atoms with Crippen LogP contribution in [0.15, 0.2) is 54.9 Å². The molecule has 0 aliphatic rings. The molecule has 0 aliphatic carbocycles. The van der Waals surface area contributed by atoms with Crippen molar-refractivity contribution in [2.45, 2.75) is 19.9 Å². The Morgan fingerprint density at radius 2 is 1.88 bits per heavy atom. The first kappa shape index (κ1) is 15.3. The second-order valence-electron chi connectivity index (χ2n) is 5.99. The summed E-state index contributed by atoms with van der Waals surface area (Å²) >= 11 is 0. The standard InChI is InChI=1S/C19H18N6/c1-12-6-7-15-17(11-12)24-18(23-15)13(2)22-19-21-10-8-16(25-19)14-5-3-4-9-20-14/h3-11,13H,1-2H3,(H,23,24)(H,21,22,25)/t13-/m1/s1. The number of benzene rings is 1. The Hall–Kier alpha value is -3.28. The number of aryl methyl sites for hydroxylation is 1. The van der Waals surface area contributed by atoms with Gasteiger partial charge in [0.25, 0.3) is 0 Å². The lowest BCUT2D eigenvalue weighted by atomic mass is 10.2. The summed E-state index contributed by atoms with van der Waals surface area (Å²) in [5, 5.41) is 3.30. The molecule has 0 amide bonds. The Kier molecular flexibility index (Phi) is 3.85. The van der Waals surface area contributed by atoms with Crippen LogP contribution in [-0.2, 0) is 0 Å². The van der Waals surface area contributed by atoms with Crippen LogP contribution in [0.2, 0.25) is 0 Å². The number of H-pyrrole nitrogens is 1. The van der Waals surface area contributed by atoms with Gasteiger partial charge in [-0.3, -0.25) is 4.98 Å². The highest BCUT2D eigenvalue weighted by atomic mass is 15.1. The van der Waals surface area contributed by atoms with Gasteiger partial charge in [0, 0.05) is 12.4 Å². The van der Waals surface area contributed by atoms with Crippen LogP contribution < -0.4 is 5.32 Å². The predicted octanol–water partition coefficient (Wildman–Crippen LogP) is 3.90. The number of hydrogen-bond donors (Lipinski definition) is 2. The van der Waals surface area contributed by atoms with E-state index in [4.69, 9.17) is 0 Å². The molecule has 0 saturated heterocycles. The normalized spacial score (nSPS) is 12.2. The van der Waals surface area contributed by atoms with Crippen molar-refractivity contribution in [2.75, 3.05) is 5.32 Å². The van der Waals surface area contributed by atoms with E-state index < -0.39 is 0 Å². The number of aromatic amines is 1. The van der Waals surface area contributed by atoms with Gasteiger partial charge in [0.15, 0.2) is 0 Å². The van der Waals surface area contributed by atoms with E-state index in [9.17, 15) is 0 Å². The monoisotopic (exact) mass is 330 g/mol. The molecule has 1 aromatic carbocycles. The smallest absolute Gasteiger partial charge is 0.223 e. The number of aromatic nitrogens is 5. The zero-order chi connectivity index (χ0) is 17.2. The Labute approximate surface area is 145 Å². The van der Waals surface area contributed by atoms with Crippen molar-refractivity contribution in [3.63, 3.8) is 0 Å². The lowest BCUT2D eigenvalue weighted by molar-refractivity contribution is 0.800. The quantitative estimate of drug-likeness (QED) is 0.593. The average Bonchev–Trinajstić information content (AvgIpc) is 3.06. The Morgan fingerprint density at radius 3 is 2.72 bits per heavy atom. The number of nitrogens with zero attached hydrogens (tertiary/aromatic N) is 4. The third-order valence-electron chi connectivity index (χ3n) is 3.99. The van der Waals surface area contributed by atoms with Gasteiger partial charge >= 0.3 is 0 Å². The number of imidazole rings is 1. The van der Waals surface area contributed by atoms with Gasteiger partial charge in [0.2, 0.25) is 5.95 Å². The predicted molar refractivity (Wildman–Crippen MR) is 98.1 cm³/mol. The molecule has 1 atom stereocenters. The van der Waals surface area contributed by atoms with E-state index in [1.54, 1.807) is 12.4 Å². The van der Waals surface area contributed by atoms with Crippen molar-refractivity contribution < 1.29 is 0 Å². The van der Waals surface area contributed by atoms with Gasteiger partial charge < -0.3 is 10.3 Å². The molecule has 25 heavy (non-hydrogen) atoms. The fourth-order valence-corrected chi connectivity index (χ4v) is 2.70. The maximum atomic E-state index is 4.64. The molecule has 0 fully saturated rings. The molecule has 0 bridgehead atoms. The molecule has 4 rings (SSSR count). The highest BCUT2D eigenvalue weighted by Crippen LogP contribution is 2.20. The van der Waals surface area contributed by atoms with Gasteiger partial charge in [-0.15, -0.1) is 0 Å². The molecule has 3 aromatic heterocycles. The van der Waals surface area contributed by atoms with Crippen LogP contribution in [0.1, 0.15) is 24.4 Å². The summed E-state index contributed by atoms with van der Waals surface area (Å²) in [4.78, 5) is 21.2. The molecule has 0 radical (unpaired) electrons. The van der Waals surface area contributed by atoms with Crippen molar-refractivity contribution in [3.05, 3.63) is 66.2 Å². The summed E-state index contributed by atoms with van der Waals surface area (Å²) in [5.41, 5.74) is 4.80. The third-order valence-corrected chi connectivity index (χ3v) is 3.99. The minimum atomic E-state index is -0.0494. The van der Waals surface area contributed by atoms with Crippen LogP contribution in [0.25, 0.3) is 22.4 Å². The van der Waals surface area contributed by atoms with E-state index in [1.807, 2.05) is 37.3 Å². The van der Waals surface area contributed by atoms with Gasteiger partial charge in [-0.05, 0) is 49.7 Å². The van der Waals surface area contributed by atoms with E-state index in [2.05, 4.69) is 49.3 Å². The van der Waals surface area contributed by atoms with Crippen molar-refractivity contribution in [2.24, 2.45) is 0 Å². The van der Waals surface area contributed by atoms with Crippen molar-refractivity contribution >= 4 is 17.0 Å². The Morgan fingerprint density at radius 1 is 0.960 bits per heavy atom. The van der Waals surface area contributed by atoms with Crippen LogP contribution in [0.5, 0.6) is 0 Å².